The Kier molecular flexibility index (Phi) is 2.87. The molecule has 70 valence electrons. The molecule has 4 heteroatoms. The molecule has 13 heavy (non-hydrogen) atoms. The van der Waals surface area contributed by atoms with Crippen molar-refractivity contribution in [2.24, 2.45) is 0 Å². The summed E-state index contributed by atoms with van der Waals surface area (Å²) in [7, 11) is 1.37. The number of aromatic hydroxyl groups is 1. The normalized spacial score (nSPS) is 9.69. The van der Waals surface area contributed by atoms with E-state index in [0.717, 1.165) is 0 Å². The lowest BCUT2D eigenvalue weighted by Crippen LogP contribution is -2.22. The van der Waals surface area contributed by atoms with Gasteiger partial charge in [0.2, 0.25) is 0 Å². The van der Waals surface area contributed by atoms with Crippen molar-refractivity contribution in [3.63, 3.8) is 0 Å². The molecule has 0 atom stereocenters. The molecule has 0 aliphatic rings. The van der Waals surface area contributed by atoms with E-state index in [0.29, 0.717) is 11.1 Å². The fourth-order valence-electron chi connectivity index (χ4n) is 1.05. The van der Waals surface area contributed by atoms with E-state index >= 15 is 0 Å². The number of hydrogen-bond donors (Lipinski definition) is 2. The molecule has 0 aromatic heterocycles. The van der Waals surface area contributed by atoms with Crippen LogP contribution >= 0.6 is 0 Å². The van der Waals surface area contributed by atoms with Crippen LogP contribution in [0.25, 0.3) is 0 Å². The van der Waals surface area contributed by atoms with Gasteiger partial charge in [0.1, 0.15) is 5.75 Å². The first kappa shape index (κ1) is 9.54. The van der Waals surface area contributed by atoms with E-state index in [1.165, 1.54) is 19.2 Å². The standard InChI is InChI=1S/C9H11NO3/c1-6-5-7(11)3-4-8(6)9(12)10-13-2/h3-5,11H,1-2H3,(H,10,12). The van der Waals surface area contributed by atoms with Crippen LogP contribution in [0.4, 0.5) is 0 Å². The maximum Gasteiger partial charge on any atom is 0.275 e. The zero-order chi connectivity index (χ0) is 9.84. The minimum atomic E-state index is -0.319. The minimum Gasteiger partial charge on any atom is -0.508 e. The van der Waals surface area contributed by atoms with Crippen LogP contribution in [0.1, 0.15) is 15.9 Å². The number of aryl methyl sites for hydroxylation is 1. The zero-order valence-electron chi connectivity index (χ0n) is 7.50. The van der Waals surface area contributed by atoms with Crippen molar-refractivity contribution < 1.29 is 14.7 Å². The minimum absolute atomic E-state index is 0.145. The Bertz CT molecular complexity index is 323. The molecule has 4 nitrogen and oxygen atoms in total. The molecule has 0 saturated carbocycles. The molecule has 2 N–H and O–H groups in total. The molecule has 1 rings (SSSR count). The fourth-order valence-corrected chi connectivity index (χ4v) is 1.05. The Labute approximate surface area is 76.1 Å². The summed E-state index contributed by atoms with van der Waals surface area (Å²) in [6, 6.07) is 4.52. The topological polar surface area (TPSA) is 58.6 Å². The van der Waals surface area contributed by atoms with Gasteiger partial charge in [-0.2, -0.15) is 0 Å². The molecule has 1 aromatic carbocycles. The van der Waals surface area contributed by atoms with Crippen molar-refractivity contribution in [3.05, 3.63) is 29.3 Å². The second-order valence-corrected chi connectivity index (χ2v) is 2.63. The van der Waals surface area contributed by atoms with Crippen molar-refractivity contribution >= 4 is 5.91 Å². The van der Waals surface area contributed by atoms with Gasteiger partial charge in [-0.25, -0.2) is 5.48 Å². The van der Waals surface area contributed by atoms with Gasteiger partial charge in [-0.3, -0.25) is 9.63 Å². The van der Waals surface area contributed by atoms with Gasteiger partial charge in [0.15, 0.2) is 0 Å². The summed E-state index contributed by atoms with van der Waals surface area (Å²) in [6.07, 6.45) is 0. The van der Waals surface area contributed by atoms with Crippen molar-refractivity contribution in [2.75, 3.05) is 7.11 Å². The van der Waals surface area contributed by atoms with E-state index in [-0.39, 0.29) is 11.7 Å². The molecule has 0 spiro atoms. The van der Waals surface area contributed by atoms with E-state index in [4.69, 9.17) is 5.11 Å². The highest BCUT2D eigenvalue weighted by molar-refractivity contribution is 5.95. The van der Waals surface area contributed by atoms with E-state index in [9.17, 15) is 4.79 Å². The number of carbonyl (C=O) groups is 1. The van der Waals surface area contributed by atoms with E-state index in [1.807, 2.05) is 0 Å². The summed E-state index contributed by atoms with van der Waals surface area (Å²) in [5.41, 5.74) is 3.39. The van der Waals surface area contributed by atoms with Crippen LogP contribution in [0.15, 0.2) is 18.2 Å². The molecular weight excluding hydrogens is 170 g/mol. The molecule has 0 fully saturated rings. The van der Waals surface area contributed by atoms with Crippen LogP contribution < -0.4 is 5.48 Å². The molecule has 0 radical (unpaired) electrons. The molecule has 0 saturated heterocycles. The van der Waals surface area contributed by atoms with Crippen LogP contribution in [0.3, 0.4) is 0 Å². The lowest BCUT2D eigenvalue weighted by molar-refractivity contribution is 0.0537. The van der Waals surface area contributed by atoms with Gasteiger partial charge in [0, 0.05) is 5.56 Å². The Morgan fingerprint density at radius 2 is 2.23 bits per heavy atom. The van der Waals surface area contributed by atoms with Crippen LogP contribution in [-0.4, -0.2) is 18.1 Å². The largest absolute Gasteiger partial charge is 0.508 e. The molecule has 1 amide bonds. The van der Waals surface area contributed by atoms with Crippen LogP contribution in [0.2, 0.25) is 0 Å². The van der Waals surface area contributed by atoms with E-state index in [1.54, 1.807) is 13.0 Å². The van der Waals surface area contributed by atoms with E-state index < -0.39 is 0 Å². The summed E-state index contributed by atoms with van der Waals surface area (Å²) in [6.45, 7) is 1.74. The lowest BCUT2D eigenvalue weighted by atomic mass is 10.1. The number of amides is 1. The van der Waals surface area contributed by atoms with Crippen molar-refractivity contribution in [3.8, 4) is 5.75 Å². The second kappa shape index (κ2) is 3.91. The third-order valence-electron chi connectivity index (χ3n) is 1.65. The third kappa shape index (κ3) is 2.19. The molecule has 0 heterocycles. The van der Waals surface area contributed by atoms with Crippen LogP contribution in [-0.2, 0) is 4.84 Å². The number of hydrogen-bond acceptors (Lipinski definition) is 3. The van der Waals surface area contributed by atoms with Crippen LogP contribution in [0, 0.1) is 6.92 Å². The molecule has 0 unspecified atom stereocenters. The Hall–Kier alpha value is -1.55. The molecule has 0 bridgehead atoms. The number of benzene rings is 1. The first-order valence-corrected chi connectivity index (χ1v) is 3.78. The molecular formula is C9H11NO3. The predicted molar refractivity (Wildman–Crippen MR) is 47.3 cm³/mol. The molecule has 0 aliphatic heterocycles. The van der Waals surface area contributed by atoms with Gasteiger partial charge >= 0.3 is 0 Å². The van der Waals surface area contributed by atoms with Crippen molar-refractivity contribution in [1.82, 2.24) is 5.48 Å². The fraction of sp³-hybridized carbons (Fsp3) is 0.222. The molecule has 1 aromatic rings. The Balaban J connectivity index is 2.95. The van der Waals surface area contributed by atoms with Gasteiger partial charge in [-0.1, -0.05) is 0 Å². The number of nitrogens with one attached hydrogen (secondary N) is 1. The number of hydroxylamine groups is 1. The highest BCUT2D eigenvalue weighted by Crippen LogP contribution is 2.15. The van der Waals surface area contributed by atoms with Crippen molar-refractivity contribution in [1.29, 1.82) is 0 Å². The summed E-state index contributed by atoms with van der Waals surface area (Å²) in [4.78, 5) is 15.7. The second-order valence-electron chi connectivity index (χ2n) is 2.63. The van der Waals surface area contributed by atoms with Crippen LogP contribution in [0.5, 0.6) is 5.75 Å². The Morgan fingerprint density at radius 1 is 1.54 bits per heavy atom. The zero-order valence-corrected chi connectivity index (χ0v) is 7.50. The SMILES string of the molecule is CONC(=O)c1ccc(O)cc1C. The van der Waals surface area contributed by atoms with Gasteiger partial charge in [-0.15, -0.1) is 0 Å². The number of phenols is 1. The average molecular weight is 181 g/mol. The average Bonchev–Trinajstić information content (AvgIpc) is 2.04. The highest BCUT2D eigenvalue weighted by Gasteiger charge is 2.07. The van der Waals surface area contributed by atoms with Crippen molar-refractivity contribution in [2.45, 2.75) is 6.92 Å². The quantitative estimate of drug-likeness (QED) is 0.669. The lowest BCUT2D eigenvalue weighted by Gasteiger charge is -2.05. The monoisotopic (exact) mass is 181 g/mol. The smallest absolute Gasteiger partial charge is 0.275 e. The maximum absolute atomic E-state index is 11.3. The Morgan fingerprint density at radius 3 is 2.77 bits per heavy atom. The van der Waals surface area contributed by atoms with E-state index in [2.05, 4.69) is 10.3 Å². The third-order valence-corrected chi connectivity index (χ3v) is 1.65. The van der Waals surface area contributed by atoms with Gasteiger partial charge in [-0.05, 0) is 30.7 Å². The van der Waals surface area contributed by atoms with Gasteiger partial charge in [0.05, 0.1) is 7.11 Å². The first-order chi connectivity index (χ1) is 6.15. The van der Waals surface area contributed by atoms with Gasteiger partial charge < -0.3 is 5.11 Å². The summed E-state index contributed by atoms with van der Waals surface area (Å²) < 4.78 is 0. The summed E-state index contributed by atoms with van der Waals surface area (Å²) in [5.74, 6) is -0.175. The van der Waals surface area contributed by atoms with Gasteiger partial charge in [0.25, 0.3) is 5.91 Å². The maximum atomic E-state index is 11.3. The number of carbonyl (C=O) groups excluding carboxylic acids is 1. The predicted octanol–water partition coefficient (Wildman–Crippen LogP) is 0.992. The first-order valence-electron chi connectivity index (χ1n) is 3.78. The highest BCUT2D eigenvalue weighted by atomic mass is 16.6. The molecule has 0 aliphatic carbocycles. The number of phenolic OH excluding ortho intramolecular Hbond substituents is 1. The number of rotatable bonds is 2. The summed E-state index contributed by atoms with van der Waals surface area (Å²) >= 11 is 0. The summed E-state index contributed by atoms with van der Waals surface area (Å²) in [5, 5.41) is 9.09.